The monoisotopic (exact) mass is 449 g/mol. The lowest BCUT2D eigenvalue weighted by Crippen LogP contribution is -2.14. The summed E-state index contributed by atoms with van der Waals surface area (Å²) in [6, 6.07) is 22.9. The summed E-state index contributed by atoms with van der Waals surface area (Å²) in [5.74, 6) is 2.57. The number of benzene rings is 2. The summed E-state index contributed by atoms with van der Waals surface area (Å²) in [6.07, 6.45) is 3.91. The fraction of sp³-hybridized carbons (Fsp3) is 0.0769. The number of aromatic nitrogens is 4. The molecule has 1 amide bonds. The summed E-state index contributed by atoms with van der Waals surface area (Å²) in [4.78, 5) is 28.9. The molecular formula is C26H23N7O. The van der Waals surface area contributed by atoms with E-state index in [4.69, 9.17) is 0 Å². The maximum atomic E-state index is 12.6. The number of carbonyl (C=O) groups is 1. The largest absolute Gasteiger partial charge is 0.361 e. The summed E-state index contributed by atoms with van der Waals surface area (Å²) in [5.41, 5.74) is 3.57. The highest BCUT2D eigenvalue weighted by Gasteiger charge is 2.09. The molecule has 4 N–H and O–H groups in total. The van der Waals surface area contributed by atoms with E-state index in [1.807, 2.05) is 85.9 Å². The number of carbonyl (C=O) groups excluding carboxylic acids is 1. The van der Waals surface area contributed by atoms with Gasteiger partial charge in [0, 0.05) is 40.7 Å². The molecule has 0 aliphatic rings. The average molecular weight is 450 g/mol. The number of hydrogen-bond acceptors (Lipinski definition) is 6. The van der Waals surface area contributed by atoms with Crippen molar-refractivity contribution in [2.24, 2.45) is 0 Å². The number of fused-ring (bicyclic) bond motifs is 1. The van der Waals surface area contributed by atoms with Crippen LogP contribution < -0.4 is 16.0 Å². The van der Waals surface area contributed by atoms with Crippen LogP contribution in [0.15, 0.2) is 85.2 Å². The van der Waals surface area contributed by atoms with Crippen molar-refractivity contribution >= 4 is 45.6 Å². The van der Waals surface area contributed by atoms with Gasteiger partial charge < -0.3 is 20.9 Å². The van der Waals surface area contributed by atoms with E-state index in [1.165, 1.54) is 0 Å². The Morgan fingerprint density at radius 3 is 2.38 bits per heavy atom. The van der Waals surface area contributed by atoms with Crippen molar-refractivity contribution < 1.29 is 4.79 Å². The molecule has 0 radical (unpaired) electrons. The molecule has 8 heteroatoms. The topological polar surface area (TPSA) is 108 Å². The Bertz CT molecular complexity index is 1430. The van der Waals surface area contributed by atoms with Gasteiger partial charge in [-0.15, -0.1) is 0 Å². The van der Waals surface area contributed by atoms with E-state index in [0.717, 1.165) is 27.8 Å². The lowest BCUT2D eigenvalue weighted by Gasteiger charge is -2.11. The third kappa shape index (κ3) is 5.02. The summed E-state index contributed by atoms with van der Waals surface area (Å²) >= 11 is 0. The number of hydrogen-bond donors (Lipinski definition) is 4. The van der Waals surface area contributed by atoms with Crippen molar-refractivity contribution in [2.75, 3.05) is 16.0 Å². The predicted molar refractivity (Wildman–Crippen MR) is 135 cm³/mol. The fourth-order valence-electron chi connectivity index (χ4n) is 3.70. The molecule has 3 heterocycles. The number of amides is 1. The Morgan fingerprint density at radius 2 is 1.59 bits per heavy atom. The molecule has 0 saturated carbocycles. The first kappa shape index (κ1) is 21.1. The highest BCUT2D eigenvalue weighted by molar-refractivity contribution is 5.95. The van der Waals surface area contributed by atoms with E-state index in [1.54, 1.807) is 6.20 Å². The number of pyridine rings is 1. The van der Waals surface area contributed by atoms with Gasteiger partial charge in [0.15, 0.2) is 0 Å². The second-order valence-electron chi connectivity index (χ2n) is 7.81. The number of para-hydroxylation sites is 1. The van der Waals surface area contributed by atoms with Crippen molar-refractivity contribution in [1.82, 2.24) is 19.9 Å². The zero-order chi connectivity index (χ0) is 23.3. The van der Waals surface area contributed by atoms with Crippen LogP contribution >= 0.6 is 0 Å². The minimum absolute atomic E-state index is 0.0675. The Balaban J connectivity index is 1.22. The van der Waals surface area contributed by atoms with Gasteiger partial charge in [0.25, 0.3) is 0 Å². The van der Waals surface area contributed by atoms with Gasteiger partial charge in [0.05, 0.1) is 6.42 Å². The molecule has 34 heavy (non-hydrogen) atoms. The molecule has 8 nitrogen and oxygen atoms in total. The van der Waals surface area contributed by atoms with E-state index in [-0.39, 0.29) is 5.91 Å². The molecule has 0 saturated heterocycles. The van der Waals surface area contributed by atoms with E-state index in [0.29, 0.717) is 29.7 Å². The highest BCUT2D eigenvalue weighted by Crippen LogP contribution is 2.22. The molecule has 0 aliphatic heterocycles. The van der Waals surface area contributed by atoms with E-state index >= 15 is 0 Å². The number of anilines is 5. The number of nitrogens with zero attached hydrogens (tertiary/aromatic N) is 3. The quantitative estimate of drug-likeness (QED) is 0.268. The van der Waals surface area contributed by atoms with Gasteiger partial charge in [0.2, 0.25) is 5.91 Å². The number of H-pyrrole nitrogens is 1. The van der Waals surface area contributed by atoms with Crippen LogP contribution in [0.2, 0.25) is 0 Å². The molecule has 168 valence electrons. The van der Waals surface area contributed by atoms with Crippen LogP contribution in [0, 0.1) is 6.92 Å². The zero-order valence-electron chi connectivity index (χ0n) is 18.5. The molecule has 0 unspecified atom stereocenters. The number of aryl methyl sites for hydroxylation is 1. The second kappa shape index (κ2) is 9.41. The lowest BCUT2D eigenvalue weighted by molar-refractivity contribution is -0.115. The molecule has 0 bridgehead atoms. The summed E-state index contributed by atoms with van der Waals surface area (Å²) < 4.78 is 0. The van der Waals surface area contributed by atoms with E-state index in [9.17, 15) is 4.79 Å². The van der Waals surface area contributed by atoms with Crippen molar-refractivity contribution in [2.45, 2.75) is 13.3 Å². The standard InChI is InChI=1S/C26H23N7O/c1-17-29-24(15-25(30-17)33-23-8-4-5-13-27-23)31-19-9-11-20(12-10-19)32-26(34)14-18-16-28-22-7-3-2-6-21(18)22/h2-13,15-16,28H,14H2,1H3,(H,32,34)(H2,27,29,30,31,33). The molecule has 5 rings (SSSR count). The summed E-state index contributed by atoms with van der Waals surface area (Å²) in [5, 5.41) is 10.5. The van der Waals surface area contributed by atoms with Gasteiger partial charge >= 0.3 is 0 Å². The van der Waals surface area contributed by atoms with Gasteiger partial charge in [-0.3, -0.25) is 4.79 Å². The maximum absolute atomic E-state index is 12.6. The first-order valence-electron chi connectivity index (χ1n) is 10.9. The highest BCUT2D eigenvalue weighted by atomic mass is 16.1. The molecule has 3 aromatic heterocycles. The van der Waals surface area contributed by atoms with Crippen LogP contribution in [0.25, 0.3) is 10.9 Å². The van der Waals surface area contributed by atoms with Gasteiger partial charge in [-0.2, -0.15) is 0 Å². The van der Waals surface area contributed by atoms with Crippen LogP contribution in [0.1, 0.15) is 11.4 Å². The molecule has 0 fully saturated rings. The van der Waals surface area contributed by atoms with Crippen LogP contribution in [-0.2, 0) is 11.2 Å². The summed E-state index contributed by atoms with van der Waals surface area (Å²) in [7, 11) is 0. The Labute approximate surface area is 196 Å². The molecule has 2 aromatic carbocycles. The van der Waals surface area contributed by atoms with Crippen LogP contribution in [0.4, 0.5) is 28.8 Å². The Hall–Kier alpha value is -4.72. The van der Waals surface area contributed by atoms with Gasteiger partial charge in [0.1, 0.15) is 23.3 Å². The molecule has 0 spiro atoms. The van der Waals surface area contributed by atoms with Gasteiger partial charge in [-0.05, 0) is 55.0 Å². The molecule has 5 aromatic rings. The van der Waals surface area contributed by atoms with Crippen molar-refractivity contribution in [3.05, 3.63) is 96.6 Å². The van der Waals surface area contributed by atoms with E-state index in [2.05, 4.69) is 35.9 Å². The second-order valence-corrected chi connectivity index (χ2v) is 7.81. The Kier molecular flexibility index (Phi) is 5.85. The first-order valence-corrected chi connectivity index (χ1v) is 10.9. The number of aromatic amines is 1. The normalized spacial score (nSPS) is 10.7. The Morgan fingerprint density at radius 1 is 0.853 bits per heavy atom. The van der Waals surface area contributed by atoms with Crippen LogP contribution in [0.5, 0.6) is 0 Å². The smallest absolute Gasteiger partial charge is 0.228 e. The molecule has 0 atom stereocenters. The molecule has 0 aliphatic carbocycles. The third-order valence-corrected chi connectivity index (χ3v) is 5.23. The predicted octanol–water partition coefficient (Wildman–Crippen LogP) is 5.33. The van der Waals surface area contributed by atoms with E-state index < -0.39 is 0 Å². The van der Waals surface area contributed by atoms with Crippen LogP contribution in [0.3, 0.4) is 0 Å². The molecular weight excluding hydrogens is 426 g/mol. The fourth-order valence-corrected chi connectivity index (χ4v) is 3.70. The SMILES string of the molecule is Cc1nc(Nc2ccc(NC(=O)Cc3c[nH]c4ccccc34)cc2)cc(Nc2ccccn2)n1. The third-order valence-electron chi connectivity index (χ3n) is 5.23. The number of rotatable bonds is 7. The average Bonchev–Trinajstić information content (AvgIpc) is 3.23. The van der Waals surface area contributed by atoms with Gasteiger partial charge in [-0.25, -0.2) is 15.0 Å². The van der Waals surface area contributed by atoms with Crippen molar-refractivity contribution in [1.29, 1.82) is 0 Å². The van der Waals surface area contributed by atoms with Crippen molar-refractivity contribution in [3.8, 4) is 0 Å². The minimum atomic E-state index is -0.0675. The minimum Gasteiger partial charge on any atom is -0.361 e. The number of nitrogens with one attached hydrogen (secondary N) is 4. The first-order chi connectivity index (χ1) is 16.6. The lowest BCUT2D eigenvalue weighted by atomic mass is 10.1. The summed E-state index contributed by atoms with van der Waals surface area (Å²) in [6.45, 7) is 1.83. The zero-order valence-corrected chi connectivity index (χ0v) is 18.5. The van der Waals surface area contributed by atoms with Crippen LogP contribution in [-0.4, -0.2) is 25.8 Å². The van der Waals surface area contributed by atoms with Gasteiger partial charge in [-0.1, -0.05) is 24.3 Å². The maximum Gasteiger partial charge on any atom is 0.228 e. The van der Waals surface area contributed by atoms with Crippen molar-refractivity contribution in [3.63, 3.8) is 0 Å².